The number of rotatable bonds is 15. The summed E-state index contributed by atoms with van der Waals surface area (Å²) in [5.41, 5.74) is 1.22. The topological polar surface area (TPSA) is 96.0 Å². The summed E-state index contributed by atoms with van der Waals surface area (Å²) < 4.78 is 49.7. The van der Waals surface area contributed by atoms with Gasteiger partial charge in [-0.15, -0.1) is 0 Å². The number of hydrogen-bond acceptors (Lipinski definition) is 5. The first-order valence-corrected chi connectivity index (χ1v) is 16.7. The van der Waals surface area contributed by atoms with Gasteiger partial charge in [0.2, 0.25) is 11.8 Å². The monoisotopic (exact) mass is 645 g/mol. The minimum absolute atomic E-state index is 0.00662. The summed E-state index contributed by atoms with van der Waals surface area (Å²) >= 11 is 0. The second-order valence-corrected chi connectivity index (χ2v) is 13.1. The normalized spacial score (nSPS) is 11.9. The van der Waals surface area contributed by atoms with Crippen LogP contribution in [0.5, 0.6) is 5.75 Å². The third kappa shape index (κ3) is 8.94. The van der Waals surface area contributed by atoms with Gasteiger partial charge in [-0.2, -0.15) is 0 Å². The van der Waals surface area contributed by atoms with Crippen molar-refractivity contribution in [1.29, 1.82) is 0 Å². The molecule has 1 unspecified atom stereocenters. The Morgan fingerprint density at radius 2 is 1.46 bits per heavy atom. The molecule has 0 saturated carbocycles. The zero-order valence-corrected chi connectivity index (χ0v) is 27.1. The van der Waals surface area contributed by atoms with Crippen LogP contribution in [0.4, 0.5) is 10.1 Å². The van der Waals surface area contributed by atoms with Gasteiger partial charge in [0.1, 0.15) is 24.2 Å². The molecule has 10 heteroatoms. The smallest absolute Gasteiger partial charge is 0.264 e. The SMILES string of the molecule is CCOc1ccc(N(CC(=O)N(Cc2ccccc2F)C(Cc2ccccc2)C(=O)NCC(C)C)S(=O)(=O)c2ccccc2)cc1. The molecule has 0 aromatic heterocycles. The number of nitrogens with one attached hydrogen (secondary N) is 1. The van der Waals surface area contributed by atoms with E-state index in [1.165, 1.54) is 23.1 Å². The van der Waals surface area contributed by atoms with Crippen molar-refractivity contribution < 1.29 is 27.1 Å². The zero-order chi connectivity index (χ0) is 33.1. The highest BCUT2D eigenvalue weighted by molar-refractivity contribution is 7.92. The molecule has 0 aliphatic heterocycles. The van der Waals surface area contributed by atoms with Gasteiger partial charge < -0.3 is 15.0 Å². The molecule has 0 heterocycles. The van der Waals surface area contributed by atoms with E-state index in [-0.39, 0.29) is 35.0 Å². The number of hydrogen-bond donors (Lipinski definition) is 1. The Morgan fingerprint density at radius 3 is 2.07 bits per heavy atom. The Bertz CT molecular complexity index is 1680. The van der Waals surface area contributed by atoms with Gasteiger partial charge in [-0.05, 0) is 60.9 Å². The summed E-state index contributed by atoms with van der Waals surface area (Å²) in [7, 11) is -4.24. The van der Waals surface area contributed by atoms with Crippen molar-refractivity contribution in [3.05, 3.63) is 126 Å². The van der Waals surface area contributed by atoms with Gasteiger partial charge in [-0.1, -0.05) is 80.6 Å². The molecule has 4 rings (SSSR count). The first-order valence-electron chi connectivity index (χ1n) is 15.2. The number of amides is 2. The van der Waals surface area contributed by atoms with E-state index >= 15 is 4.39 Å². The third-order valence-electron chi connectivity index (χ3n) is 7.30. The summed E-state index contributed by atoms with van der Waals surface area (Å²) in [4.78, 5) is 29.5. The Kier molecular flexibility index (Phi) is 11.9. The fourth-order valence-electron chi connectivity index (χ4n) is 4.91. The minimum atomic E-state index is -4.24. The minimum Gasteiger partial charge on any atom is -0.494 e. The Morgan fingerprint density at radius 1 is 0.848 bits per heavy atom. The van der Waals surface area contributed by atoms with Crippen LogP contribution >= 0.6 is 0 Å². The number of ether oxygens (including phenoxy) is 1. The average Bonchev–Trinajstić information content (AvgIpc) is 3.06. The zero-order valence-electron chi connectivity index (χ0n) is 26.3. The van der Waals surface area contributed by atoms with Crippen LogP contribution in [0.25, 0.3) is 0 Å². The maximum Gasteiger partial charge on any atom is 0.264 e. The van der Waals surface area contributed by atoms with Crippen LogP contribution in [0.3, 0.4) is 0 Å². The quantitative estimate of drug-likeness (QED) is 0.176. The number of carbonyl (C=O) groups excluding carboxylic acids is 2. The summed E-state index contributed by atoms with van der Waals surface area (Å²) in [6, 6.07) is 28.4. The number of carbonyl (C=O) groups is 2. The van der Waals surface area contributed by atoms with E-state index in [1.807, 2.05) is 51.1 Å². The van der Waals surface area contributed by atoms with Gasteiger partial charge >= 0.3 is 0 Å². The molecule has 0 spiro atoms. The fourth-order valence-corrected chi connectivity index (χ4v) is 6.35. The summed E-state index contributed by atoms with van der Waals surface area (Å²) in [5, 5.41) is 2.93. The number of sulfonamides is 1. The van der Waals surface area contributed by atoms with Gasteiger partial charge in [0, 0.05) is 25.1 Å². The van der Waals surface area contributed by atoms with E-state index in [2.05, 4.69) is 5.32 Å². The molecule has 8 nitrogen and oxygen atoms in total. The lowest BCUT2D eigenvalue weighted by molar-refractivity contribution is -0.140. The van der Waals surface area contributed by atoms with Gasteiger partial charge in [-0.25, -0.2) is 12.8 Å². The maximum atomic E-state index is 15.0. The lowest BCUT2D eigenvalue weighted by Crippen LogP contribution is -2.53. The molecule has 0 radical (unpaired) electrons. The number of halogens is 1. The first-order chi connectivity index (χ1) is 22.1. The molecular formula is C36H40FN3O5S. The highest BCUT2D eigenvalue weighted by atomic mass is 32.2. The summed E-state index contributed by atoms with van der Waals surface area (Å²) in [5.74, 6) is -0.941. The Hall–Kier alpha value is -4.70. The highest BCUT2D eigenvalue weighted by Gasteiger charge is 2.35. The van der Waals surface area contributed by atoms with E-state index in [4.69, 9.17) is 4.74 Å². The second-order valence-electron chi connectivity index (χ2n) is 11.2. The van der Waals surface area contributed by atoms with Gasteiger partial charge in [-0.3, -0.25) is 13.9 Å². The summed E-state index contributed by atoms with van der Waals surface area (Å²) in [6.45, 7) is 5.66. The van der Waals surface area contributed by atoms with E-state index in [0.29, 0.717) is 18.9 Å². The van der Waals surface area contributed by atoms with Crippen molar-refractivity contribution in [2.45, 2.75) is 44.7 Å². The molecule has 46 heavy (non-hydrogen) atoms. The largest absolute Gasteiger partial charge is 0.494 e. The molecule has 0 fully saturated rings. The van der Waals surface area contributed by atoms with E-state index < -0.39 is 40.2 Å². The van der Waals surface area contributed by atoms with Crippen molar-refractivity contribution in [3.8, 4) is 5.75 Å². The second kappa shape index (κ2) is 16.0. The molecule has 4 aromatic rings. The third-order valence-corrected chi connectivity index (χ3v) is 9.09. The summed E-state index contributed by atoms with van der Waals surface area (Å²) in [6.07, 6.45) is 0.138. The Balaban J connectivity index is 1.80. The van der Waals surface area contributed by atoms with E-state index in [9.17, 15) is 18.0 Å². The molecule has 2 amide bonds. The van der Waals surface area contributed by atoms with Crippen LogP contribution in [0.15, 0.2) is 114 Å². The van der Waals surface area contributed by atoms with Crippen molar-refractivity contribution in [3.63, 3.8) is 0 Å². The lowest BCUT2D eigenvalue weighted by atomic mass is 10.0. The van der Waals surface area contributed by atoms with Crippen molar-refractivity contribution in [2.75, 3.05) is 24.0 Å². The van der Waals surface area contributed by atoms with Gasteiger partial charge in [0.15, 0.2) is 0 Å². The molecule has 1 N–H and O–H groups in total. The van der Waals surface area contributed by atoms with Gasteiger partial charge in [0.05, 0.1) is 17.2 Å². The molecule has 0 aliphatic rings. The Labute approximate surface area is 270 Å². The molecule has 0 saturated heterocycles. The number of nitrogens with zero attached hydrogens (tertiary/aromatic N) is 2. The lowest BCUT2D eigenvalue weighted by Gasteiger charge is -2.34. The predicted molar refractivity (Wildman–Crippen MR) is 177 cm³/mol. The first kappa shape index (κ1) is 34.2. The number of benzene rings is 4. The number of anilines is 1. The van der Waals surface area contributed by atoms with Crippen molar-refractivity contribution >= 4 is 27.5 Å². The molecule has 4 aromatic carbocycles. The molecular weight excluding hydrogens is 605 g/mol. The molecule has 1 atom stereocenters. The van der Waals surface area contributed by atoms with Gasteiger partial charge in [0.25, 0.3) is 10.0 Å². The van der Waals surface area contributed by atoms with E-state index in [1.54, 1.807) is 60.7 Å². The van der Waals surface area contributed by atoms with Crippen molar-refractivity contribution in [2.24, 2.45) is 5.92 Å². The highest BCUT2D eigenvalue weighted by Crippen LogP contribution is 2.27. The maximum absolute atomic E-state index is 15.0. The fraction of sp³-hybridized carbons (Fsp3) is 0.278. The molecule has 242 valence electrons. The molecule has 0 bridgehead atoms. The van der Waals surface area contributed by atoms with Crippen LogP contribution in [0.1, 0.15) is 31.9 Å². The van der Waals surface area contributed by atoms with Crippen LogP contribution in [0.2, 0.25) is 0 Å². The van der Waals surface area contributed by atoms with Crippen LogP contribution in [-0.4, -0.2) is 50.9 Å². The van der Waals surface area contributed by atoms with Crippen molar-refractivity contribution in [1.82, 2.24) is 10.2 Å². The van der Waals surface area contributed by atoms with Crippen LogP contribution in [-0.2, 0) is 32.6 Å². The average molecular weight is 646 g/mol. The molecule has 0 aliphatic carbocycles. The predicted octanol–water partition coefficient (Wildman–Crippen LogP) is 5.83. The van der Waals surface area contributed by atoms with E-state index in [0.717, 1.165) is 9.87 Å². The standard InChI is InChI=1S/C36H40FN3O5S/c1-4-45-31-21-19-30(20-22-31)40(46(43,44)32-16-9-6-10-17-32)26-35(41)39(25-29-15-11-12-18-33(29)37)34(36(42)38-24-27(2)3)23-28-13-7-5-8-14-28/h5-22,27,34H,4,23-26H2,1-3H3,(H,38,42). The van der Waals surface area contributed by atoms with Crippen LogP contribution in [0, 0.1) is 11.7 Å². The van der Waals surface area contributed by atoms with Crippen LogP contribution < -0.4 is 14.4 Å².